The second-order valence-corrected chi connectivity index (χ2v) is 4.72. The van der Waals surface area contributed by atoms with Crippen molar-refractivity contribution in [3.05, 3.63) is 0 Å². The van der Waals surface area contributed by atoms with Gasteiger partial charge in [-0.3, -0.25) is 4.99 Å². The Kier molecular flexibility index (Phi) is 9.07. The van der Waals surface area contributed by atoms with Crippen LogP contribution >= 0.6 is 24.0 Å². The molecule has 4 heteroatoms. The van der Waals surface area contributed by atoms with Gasteiger partial charge < -0.3 is 10.6 Å². The molecule has 0 aromatic heterocycles. The van der Waals surface area contributed by atoms with Gasteiger partial charge in [-0.2, -0.15) is 0 Å². The molecule has 1 fully saturated rings. The summed E-state index contributed by atoms with van der Waals surface area (Å²) in [6.45, 7) is 8.52. The molecular formula is C12H26IN3. The second kappa shape index (κ2) is 9.07. The predicted molar refractivity (Wildman–Crippen MR) is 81.6 cm³/mol. The summed E-state index contributed by atoms with van der Waals surface area (Å²) in [4.78, 5) is 4.56. The minimum Gasteiger partial charge on any atom is -0.357 e. The fourth-order valence-corrected chi connectivity index (χ4v) is 1.43. The summed E-state index contributed by atoms with van der Waals surface area (Å²) in [6.07, 6.45) is 5.07. The first kappa shape index (κ1) is 16.0. The first-order valence-corrected chi connectivity index (χ1v) is 6.27. The van der Waals surface area contributed by atoms with E-state index < -0.39 is 0 Å². The van der Waals surface area contributed by atoms with Crippen molar-refractivity contribution in [3.8, 4) is 0 Å². The molecule has 0 aromatic rings. The SMILES string of the molecule is CCNC(=NCCCC(C)C)NC1CC1.I. The van der Waals surface area contributed by atoms with E-state index in [2.05, 4.69) is 36.4 Å². The van der Waals surface area contributed by atoms with E-state index in [4.69, 9.17) is 0 Å². The van der Waals surface area contributed by atoms with Crippen LogP contribution < -0.4 is 10.6 Å². The van der Waals surface area contributed by atoms with Crippen LogP contribution in [-0.4, -0.2) is 25.1 Å². The van der Waals surface area contributed by atoms with Crippen LogP contribution in [0.5, 0.6) is 0 Å². The van der Waals surface area contributed by atoms with E-state index in [1.165, 1.54) is 25.7 Å². The van der Waals surface area contributed by atoms with Crippen molar-refractivity contribution in [1.29, 1.82) is 0 Å². The maximum atomic E-state index is 4.56. The minimum absolute atomic E-state index is 0. The van der Waals surface area contributed by atoms with Crippen LogP contribution in [0.15, 0.2) is 4.99 Å². The highest BCUT2D eigenvalue weighted by Gasteiger charge is 2.21. The molecule has 0 heterocycles. The predicted octanol–water partition coefficient (Wildman–Crippen LogP) is 2.76. The molecule has 0 aromatic carbocycles. The van der Waals surface area contributed by atoms with Gasteiger partial charge in [0.25, 0.3) is 0 Å². The number of guanidine groups is 1. The Morgan fingerprint density at radius 3 is 2.56 bits per heavy atom. The lowest BCUT2D eigenvalue weighted by Crippen LogP contribution is -2.38. The summed E-state index contributed by atoms with van der Waals surface area (Å²) in [6, 6.07) is 0.688. The third-order valence-corrected chi connectivity index (χ3v) is 2.47. The van der Waals surface area contributed by atoms with Gasteiger partial charge in [0.15, 0.2) is 5.96 Å². The molecule has 0 atom stereocenters. The third kappa shape index (κ3) is 8.19. The highest BCUT2D eigenvalue weighted by atomic mass is 127. The van der Waals surface area contributed by atoms with E-state index in [-0.39, 0.29) is 24.0 Å². The molecule has 1 saturated carbocycles. The molecule has 1 aliphatic rings. The number of rotatable bonds is 6. The maximum Gasteiger partial charge on any atom is 0.191 e. The fourth-order valence-electron chi connectivity index (χ4n) is 1.43. The standard InChI is InChI=1S/C12H25N3.HI/c1-4-13-12(15-11-7-8-11)14-9-5-6-10(2)3;/h10-11H,4-9H2,1-3H3,(H2,13,14,15);1H. The van der Waals surface area contributed by atoms with Crippen molar-refractivity contribution >= 4 is 29.9 Å². The Hall–Kier alpha value is 0. The molecule has 0 spiro atoms. The molecule has 0 radical (unpaired) electrons. The van der Waals surface area contributed by atoms with Crippen molar-refractivity contribution in [1.82, 2.24) is 10.6 Å². The Bertz CT molecular complexity index is 200. The third-order valence-electron chi connectivity index (χ3n) is 2.47. The van der Waals surface area contributed by atoms with Crippen LogP contribution in [0.2, 0.25) is 0 Å². The Balaban J connectivity index is 0.00000225. The highest BCUT2D eigenvalue weighted by Crippen LogP contribution is 2.18. The molecule has 0 unspecified atom stereocenters. The van der Waals surface area contributed by atoms with E-state index in [1.807, 2.05) is 0 Å². The van der Waals surface area contributed by atoms with Crippen LogP contribution in [-0.2, 0) is 0 Å². The van der Waals surface area contributed by atoms with Gasteiger partial charge in [0, 0.05) is 19.1 Å². The molecule has 0 aliphatic heterocycles. The normalized spacial score (nSPS) is 15.9. The number of hydrogen-bond donors (Lipinski definition) is 2. The van der Waals surface area contributed by atoms with Gasteiger partial charge in [-0.1, -0.05) is 13.8 Å². The summed E-state index contributed by atoms with van der Waals surface area (Å²) < 4.78 is 0. The maximum absolute atomic E-state index is 4.56. The Morgan fingerprint density at radius 2 is 2.06 bits per heavy atom. The number of nitrogens with zero attached hydrogens (tertiary/aromatic N) is 1. The topological polar surface area (TPSA) is 36.4 Å². The number of aliphatic imine (C=N–C) groups is 1. The molecule has 16 heavy (non-hydrogen) atoms. The summed E-state index contributed by atoms with van der Waals surface area (Å²) in [5.74, 6) is 1.79. The van der Waals surface area contributed by atoms with Crippen molar-refractivity contribution in [2.75, 3.05) is 13.1 Å². The van der Waals surface area contributed by atoms with Gasteiger partial charge in [0.05, 0.1) is 0 Å². The highest BCUT2D eigenvalue weighted by molar-refractivity contribution is 14.0. The first-order valence-electron chi connectivity index (χ1n) is 6.27. The van der Waals surface area contributed by atoms with E-state index in [9.17, 15) is 0 Å². The molecule has 3 nitrogen and oxygen atoms in total. The van der Waals surface area contributed by atoms with Gasteiger partial charge in [0.1, 0.15) is 0 Å². The summed E-state index contributed by atoms with van der Waals surface area (Å²) >= 11 is 0. The first-order chi connectivity index (χ1) is 7.22. The second-order valence-electron chi connectivity index (χ2n) is 4.72. The van der Waals surface area contributed by atoms with E-state index in [0.29, 0.717) is 6.04 Å². The molecule has 96 valence electrons. The zero-order valence-corrected chi connectivity index (χ0v) is 13.1. The lowest BCUT2D eigenvalue weighted by Gasteiger charge is -2.10. The number of nitrogens with one attached hydrogen (secondary N) is 2. The van der Waals surface area contributed by atoms with E-state index >= 15 is 0 Å². The Morgan fingerprint density at radius 1 is 1.38 bits per heavy atom. The van der Waals surface area contributed by atoms with Gasteiger partial charge in [0.2, 0.25) is 0 Å². The molecule has 0 saturated heterocycles. The monoisotopic (exact) mass is 339 g/mol. The zero-order chi connectivity index (χ0) is 11.1. The van der Waals surface area contributed by atoms with Crippen LogP contribution in [0.3, 0.4) is 0 Å². The molecule has 2 N–H and O–H groups in total. The quantitative estimate of drug-likeness (QED) is 0.338. The Labute approximate surface area is 117 Å². The van der Waals surface area contributed by atoms with Crippen molar-refractivity contribution in [3.63, 3.8) is 0 Å². The average molecular weight is 339 g/mol. The van der Waals surface area contributed by atoms with Crippen LogP contribution in [0.4, 0.5) is 0 Å². The van der Waals surface area contributed by atoms with E-state index in [1.54, 1.807) is 0 Å². The fraction of sp³-hybridized carbons (Fsp3) is 0.917. The average Bonchev–Trinajstić information content (AvgIpc) is 2.96. The summed E-state index contributed by atoms with van der Waals surface area (Å²) in [5.41, 5.74) is 0. The summed E-state index contributed by atoms with van der Waals surface area (Å²) in [7, 11) is 0. The van der Waals surface area contributed by atoms with Crippen molar-refractivity contribution in [2.45, 2.75) is 52.5 Å². The largest absolute Gasteiger partial charge is 0.357 e. The lowest BCUT2D eigenvalue weighted by atomic mass is 10.1. The van der Waals surface area contributed by atoms with Gasteiger partial charge in [-0.05, 0) is 38.5 Å². The zero-order valence-electron chi connectivity index (χ0n) is 10.8. The number of hydrogen-bond acceptors (Lipinski definition) is 1. The molecule has 1 rings (SSSR count). The van der Waals surface area contributed by atoms with Crippen molar-refractivity contribution in [2.24, 2.45) is 10.9 Å². The lowest BCUT2D eigenvalue weighted by molar-refractivity contribution is 0.560. The van der Waals surface area contributed by atoms with Gasteiger partial charge in [-0.15, -0.1) is 24.0 Å². The van der Waals surface area contributed by atoms with Gasteiger partial charge >= 0.3 is 0 Å². The minimum atomic E-state index is 0. The van der Waals surface area contributed by atoms with Crippen LogP contribution in [0.25, 0.3) is 0 Å². The molecule has 1 aliphatic carbocycles. The number of halogens is 1. The van der Waals surface area contributed by atoms with Gasteiger partial charge in [-0.25, -0.2) is 0 Å². The molecule has 0 bridgehead atoms. The van der Waals surface area contributed by atoms with Crippen molar-refractivity contribution < 1.29 is 0 Å². The molecular weight excluding hydrogens is 313 g/mol. The van der Waals surface area contributed by atoms with Crippen LogP contribution in [0, 0.1) is 5.92 Å². The summed E-state index contributed by atoms with van der Waals surface area (Å²) in [5, 5.41) is 6.70. The molecule has 0 amide bonds. The smallest absolute Gasteiger partial charge is 0.191 e. The van der Waals surface area contributed by atoms with E-state index in [0.717, 1.165) is 25.0 Å². The van der Waals surface area contributed by atoms with Crippen LogP contribution in [0.1, 0.15) is 46.5 Å².